The van der Waals surface area contributed by atoms with Crippen molar-refractivity contribution in [2.24, 2.45) is 5.92 Å². The fraction of sp³-hybridized carbons (Fsp3) is 0.875. The van der Waals surface area contributed by atoms with Crippen molar-refractivity contribution in [3.8, 4) is 0 Å². The summed E-state index contributed by atoms with van der Waals surface area (Å²) < 4.78 is 5.47. The van der Waals surface area contributed by atoms with Crippen molar-refractivity contribution in [2.75, 3.05) is 5.88 Å². The molecule has 0 heterocycles. The molecule has 0 aliphatic heterocycles. The number of hydrogen-bond donors (Lipinski definition) is 1. The number of ether oxygens (including phenoxy) is 1. The number of carbonyl (C=O) groups excluding carboxylic acids is 2. The second-order valence-electron chi connectivity index (χ2n) is 6.30. The van der Waals surface area contributed by atoms with Crippen LogP contribution in [0.3, 0.4) is 0 Å². The summed E-state index contributed by atoms with van der Waals surface area (Å²) in [6, 6.07) is -0.169. The number of carbonyl (C=O) groups is 2. The minimum Gasteiger partial charge on any atom is -0.460 e. The van der Waals surface area contributed by atoms with Gasteiger partial charge in [0.05, 0.1) is 5.92 Å². The highest BCUT2D eigenvalue weighted by atomic mass is 35.5. The highest BCUT2D eigenvalue weighted by Crippen LogP contribution is 2.20. The van der Waals surface area contributed by atoms with Gasteiger partial charge in [0.15, 0.2) is 0 Å². The smallest absolute Gasteiger partial charge is 0.311 e. The van der Waals surface area contributed by atoms with E-state index in [1.54, 1.807) is 0 Å². The first-order valence-electron chi connectivity index (χ1n) is 7.83. The Hall–Kier alpha value is -0.770. The first-order chi connectivity index (χ1) is 9.75. The van der Waals surface area contributed by atoms with Crippen molar-refractivity contribution in [2.45, 2.75) is 78.4 Å². The number of amides is 1. The fourth-order valence-electron chi connectivity index (χ4n) is 2.18. The van der Waals surface area contributed by atoms with Crippen LogP contribution in [0.5, 0.6) is 0 Å². The van der Waals surface area contributed by atoms with Gasteiger partial charge in [0.2, 0.25) is 5.91 Å². The highest BCUT2D eigenvalue weighted by Gasteiger charge is 2.31. The molecule has 2 atom stereocenters. The predicted octanol–water partition coefficient (Wildman–Crippen LogP) is 3.66. The van der Waals surface area contributed by atoms with Crippen molar-refractivity contribution >= 4 is 23.5 Å². The maximum atomic E-state index is 12.3. The average molecular weight is 320 g/mol. The van der Waals surface area contributed by atoms with Crippen LogP contribution in [-0.2, 0) is 14.3 Å². The Morgan fingerprint density at radius 1 is 1.24 bits per heavy atom. The number of hydrogen-bond acceptors (Lipinski definition) is 3. The SMILES string of the molecule is CCC[C@@H](NC(=O)CCCCl)[C@H](CC)C(=O)OC(C)(C)C. The van der Waals surface area contributed by atoms with Crippen LogP contribution in [0.25, 0.3) is 0 Å². The molecule has 0 aromatic heterocycles. The molecular weight excluding hydrogens is 290 g/mol. The zero-order chi connectivity index (χ0) is 16.5. The van der Waals surface area contributed by atoms with E-state index < -0.39 is 5.60 Å². The van der Waals surface area contributed by atoms with Crippen molar-refractivity contribution < 1.29 is 14.3 Å². The summed E-state index contributed by atoms with van der Waals surface area (Å²) in [6.45, 7) is 9.55. The van der Waals surface area contributed by atoms with Crippen LogP contribution in [0, 0.1) is 5.92 Å². The summed E-state index contributed by atoms with van der Waals surface area (Å²) >= 11 is 5.60. The van der Waals surface area contributed by atoms with E-state index in [1.807, 2.05) is 34.6 Å². The number of halogens is 1. The minimum atomic E-state index is -0.510. The molecule has 0 saturated carbocycles. The van der Waals surface area contributed by atoms with Crippen LogP contribution in [0.1, 0.15) is 66.7 Å². The van der Waals surface area contributed by atoms with Gasteiger partial charge in [-0.2, -0.15) is 0 Å². The third-order valence-electron chi connectivity index (χ3n) is 3.12. The Labute approximate surface area is 134 Å². The Morgan fingerprint density at radius 2 is 1.86 bits per heavy atom. The lowest BCUT2D eigenvalue weighted by Crippen LogP contribution is -2.45. The maximum absolute atomic E-state index is 12.3. The summed E-state index contributed by atoms with van der Waals surface area (Å²) in [5.41, 5.74) is -0.510. The lowest BCUT2D eigenvalue weighted by Gasteiger charge is -2.29. The van der Waals surface area contributed by atoms with Gasteiger partial charge in [0.1, 0.15) is 5.60 Å². The predicted molar refractivity (Wildman–Crippen MR) is 86.4 cm³/mol. The number of nitrogens with one attached hydrogen (secondary N) is 1. The number of alkyl halides is 1. The zero-order valence-electron chi connectivity index (χ0n) is 14.0. The zero-order valence-corrected chi connectivity index (χ0v) is 14.8. The molecule has 0 aromatic rings. The molecule has 21 heavy (non-hydrogen) atoms. The second-order valence-corrected chi connectivity index (χ2v) is 6.68. The molecule has 0 fully saturated rings. The normalized spacial score (nSPS) is 14.4. The van der Waals surface area contributed by atoms with Gasteiger partial charge in [-0.3, -0.25) is 9.59 Å². The molecule has 0 radical (unpaired) electrons. The van der Waals surface area contributed by atoms with Gasteiger partial charge in [0.25, 0.3) is 0 Å². The van der Waals surface area contributed by atoms with Crippen molar-refractivity contribution in [1.29, 1.82) is 0 Å². The van der Waals surface area contributed by atoms with E-state index in [9.17, 15) is 9.59 Å². The van der Waals surface area contributed by atoms with Gasteiger partial charge in [-0.1, -0.05) is 20.3 Å². The average Bonchev–Trinajstić information content (AvgIpc) is 2.35. The van der Waals surface area contributed by atoms with E-state index in [-0.39, 0.29) is 23.8 Å². The molecule has 0 aromatic carbocycles. The first-order valence-corrected chi connectivity index (χ1v) is 8.36. The third kappa shape index (κ3) is 8.97. The van der Waals surface area contributed by atoms with Crippen LogP contribution in [0.4, 0.5) is 0 Å². The molecule has 0 saturated heterocycles. The number of esters is 1. The van der Waals surface area contributed by atoms with E-state index in [4.69, 9.17) is 16.3 Å². The van der Waals surface area contributed by atoms with Crippen LogP contribution >= 0.6 is 11.6 Å². The van der Waals surface area contributed by atoms with Gasteiger partial charge in [-0.15, -0.1) is 11.6 Å². The van der Waals surface area contributed by atoms with E-state index in [0.29, 0.717) is 25.1 Å². The molecule has 0 aliphatic rings. The highest BCUT2D eigenvalue weighted by molar-refractivity contribution is 6.17. The van der Waals surface area contributed by atoms with Crippen molar-refractivity contribution in [3.63, 3.8) is 0 Å². The molecule has 5 heteroatoms. The summed E-state index contributed by atoms with van der Waals surface area (Å²) in [5.74, 6) is -0.115. The Morgan fingerprint density at radius 3 is 2.29 bits per heavy atom. The Bertz CT molecular complexity index is 326. The van der Waals surface area contributed by atoms with Gasteiger partial charge in [-0.25, -0.2) is 0 Å². The summed E-state index contributed by atoms with van der Waals surface area (Å²) in [5, 5.41) is 2.97. The Kier molecular flexibility index (Phi) is 9.67. The van der Waals surface area contributed by atoms with Crippen LogP contribution in [0.2, 0.25) is 0 Å². The fourth-order valence-corrected chi connectivity index (χ4v) is 2.32. The largest absolute Gasteiger partial charge is 0.460 e. The lowest BCUT2D eigenvalue weighted by molar-refractivity contribution is -0.161. The molecule has 0 bridgehead atoms. The van der Waals surface area contributed by atoms with E-state index >= 15 is 0 Å². The quantitative estimate of drug-likeness (QED) is 0.521. The molecule has 0 aliphatic carbocycles. The van der Waals surface area contributed by atoms with Crippen molar-refractivity contribution in [3.05, 3.63) is 0 Å². The standard InChI is InChI=1S/C16H30ClNO3/c1-6-9-13(18-14(19)10-8-11-17)12(7-2)15(20)21-16(3,4)5/h12-13H,6-11H2,1-5H3,(H,18,19)/t12-,13+/m0/s1. The molecule has 124 valence electrons. The summed E-state index contributed by atoms with van der Waals surface area (Å²) in [6.07, 6.45) is 3.36. The molecule has 0 rings (SSSR count). The molecule has 1 N–H and O–H groups in total. The minimum absolute atomic E-state index is 0.0453. The molecule has 0 unspecified atom stereocenters. The maximum Gasteiger partial charge on any atom is 0.311 e. The summed E-state index contributed by atoms with van der Waals surface area (Å²) in [4.78, 5) is 24.2. The molecule has 1 amide bonds. The monoisotopic (exact) mass is 319 g/mol. The third-order valence-corrected chi connectivity index (χ3v) is 3.39. The van der Waals surface area contributed by atoms with E-state index in [1.165, 1.54) is 0 Å². The summed E-state index contributed by atoms with van der Waals surface area (Å²) in [7, 11) is 0. The first kappa shape index (κ1) is 20.2. The molecular formula is C16H30ClNO3. The van der Waals surface area contributed by atoms with Gasteiger partial charge >= 0.3 is 5.97 Å². The van der Waals surface area contributed by atoms with Gasteiger partial charge < -0.3 is 10.1 Å². The molecule has 0 spiro atoms. The van der Waals surface area contributed by atoms with E-state index in [2.05, 4.69) is 5.32 Å². The van der Waals surface area contributed by atoms with Crippen LogP contribution < -0.4 is 5.32 Å². The van der Waals surface area contributed by atoms with Crippen LogP contribution in [0.15, 0.2) is 0 Å². The Balaban J connectivity index is 4.78. The van der Waals surface area contributed by atoms with Gasteiger partial charge in [0, 0.05) is 18.3 Å². The second kappa shape index (κ2) is 10.0. The van der Waals surface area contributed by atoms with Crippen LogP contribution in [-0.4, -0.2) is 29.4 Å². The topological polar surface area (TPSA) is 55.4 Å². The lowest BCUT2D eigenvalue weighted by atomic mass is 9.92. The van der Waals surface area contributed by atoms with Gasteiger partial charge in [-0.05, 0) is 40.0 Å². The number of rotatable bonds is 9. The van der Waals surface area contributed by atoms with Crippen molar-refractivity contribution in [1.82, 2.24) is 5.32 Å². The molecule has 4 nitrogen and oxygen atoms in total. The van der Waals surface area contributed by atoms with E-state index in [0.717, 1.165) is 12.8 Å².